The van der Waals surface area contributed by atoms with Gasteiger partial charge in [-0.25, -0.2) is 9.97 Å². The van der Waals surface area contributed by atoms with Crippen LogP contribution in [0.5, 0.6) is 0 Å². The standard InChI is InChI=1S/C21H20N4O2S/c1-12-9-17(14(3)25(12)20-10-13(2)27-24-20)19(26)11-28-21-16-7-5-6-8-18(16)22-15(4)23-21/h5-10H,11H2,1-4H3. The van der Waals surface area contributed by atoms with Crippen molar-refractivity contribution in [2.45, 2.75) is 32.7 Å². The van der Waals surface area contributed by atoms with Crippen LogP contribution in [0.25, 0.3) is 16.7 Å². The monoisotopic (exact) mass is 392 g/mol. The van der Waals surface area contributed by atoms with Gasteiger partial charge >= 0.3 is 0 Å². The average Bonchev–Trinajstić information content (AvgIpc) is 3.21. The van der Waals surface area contributed by atoms with E-state index >= 15 is 0 Å². The van der Waals surface area contributed by atoms with Gasteiger partial charge in [0.05, 0.1) is 11.3 Å². The molecule has 3 aromatic heterocycles. The van der Waals surface area contributed by atoms with E-state index in [1.807, 2.05) is 68.7 Å². The summed E-state index contributed by atoms with van der Waals surface area (Å²) in [5.41, 5.74) is 3.40. The highest BCUT2D eigenvalue weighted by molar-refractivity contribution is 8.00. The molecule has 0 aliphatic rings. The van der Waals surface area contributed by atoms with Gasteiger partial charge in [-0.3, -0.25) is 9.36 Å². The fourth-order valence-corrected chi connectivity index (χ4v) is 4.28. The summed E-state index contributed by atoms with van der Waals surface area (Å²) in [6.07, 6.45) is 0. The fourth-order valence-electron chi connectivity index (χ4n) is 3.34. The Kier molecular flexibility index (Phi) is 4.77. The summed E-state index contributed by atoms with van der Waals surface area (Å²) < 4.78 is 7.13. The maximum atomic E-state index is 12.9. The lowest BCUT2D eigenvalue weighted by Gasteiger charge is -2.07. The molecule has 142 valence electrons. The molecule has 0 aliphatic carbocycles. The second-order valence-electron chi connectivity index (χ2n) is 6.72. The van der Waals surface area contributed by atoms with Crippen molar-refractivity contribution in [2.75, 3.05) is 5.75 Å². The maximum Gasteiger partial charge on any atom is 0.180 e. The van der Waals surface area contributed by atoms with E-state index in [1.54, 1.807) is 0 Å². The van der Waals surface area contributed by atoms with Crippen molar-refractivity contribution < 1.29 is 9.32 Å². The number of fused-ring (bicyclic) bond motifs is 1. The molecule has 0 spiro atoms. The lowest BCUT2D eigenvalue weighted by molar-refractivity contribution is 0.102. The number of thioether (sulfide) groups is 1. The van der Waals surface area contributed by atoms with Crippen molar-refractivity contribution in [1.82, 2.24) is 19.7 Å². The quantitative estimate of drug-likeness (QED) is 0.280. The van der Waals surface area contributed by atoms with E-state index in [0.717, 1.165) is 33.1 Å². The molecule has 4 rings (SSSR count). The molecule has 0 atom stereocenters. The number of benzene rings is 1. The number of carbonyl (C=O) groups is 1. The third-order valence-electron chi connectivity index (χ3n) is 4.60. The lowest BCUT2D eigenvalue weighted by atomic mass is 10.2. The first-order valence-electron chi connectivity index (χ1n) is 8.96. The van der Waals surface area contributed by atoms with Gasteiger partial charge in [0.25, 0.3) is 0 Å². The van der Waals surface area contributed by atoms with Crippen LogP contribution in [0.2, 0.25) is 0 Å². The molecular weight excluding hydrogens is 372 g/mol. The Morgan fingerprint density at radius 2 is 1.89 bits per heavy atom. The molecule has 0 unspecified atom stereocenters. The number of Topliss-reactive ketones (excluding diaryl/α,β-unsaturated/α-hetero) is 1. The minimum absolute atomic E-state index is 0.0601. The first-order chi connectivity index (χ1) is 13.4. The Bertz CT molecular complexity index is 1190. The number of rotatable bonds is 5. The second-order valence-corrected chi connectivity index (χ2v) is 7.68. The van der Waals surface area contributed by atoms with E-state index in [-0.39, 0.29) is 5.78 Å². The Balaban J connectivity index is 1.60. The number of aromatic nitrogens is 4. The Hall–Kier alpha value is -2.93. The van der Waals surface area contributed by atoms with Gasteiger partial charge in [0.2, 0.25) is 0 Å². The van der Waals surface area contributed by atoms with Gasteiger partial charge in [0.15, 0.2) is 11.6 Å². The van der Waals surface area contributed by atoms with Crippen LogP contribution < -0.4 is 0 Å². The van der Waals surface area contributed by atoms with Crippen LogP contribution in [0, 0.1) is 27.7 Å². The molecule has 0 saturated carbocycles. The number of nitrogens with zero attached hydrogens (tertiary/aromatic N) is 4. The van der Waals surface area contributed by atoms with Crippen LogP contribution in [-0.2, 0) is 0 Å². The highest BCUT2D eigenvalue weighted by atomic mass is 32.2. The lowest BCUT2D eigenvalue weighted by Crippen LogP contribution is -2.06. The van der Waals surface area contributed by atoms with E-state index in [2.05, 4.69) is 15.1 Å². The first-order valence-corrected chi connectivity index (χ1v) is 9.94. The Morgan fingerprint density at radius 3 is 2.64 bits per heavy atom. The summed E-state index contributed by atoms with van der Waals surface area (Å²) in [6, 6.07) is 11.6. The summed E-state index contributed by atoms with van der Waals surface area (Å²) in [6.45, 7) is 7.61. The summed E-state index contributed by atoms with van der Waals surface area (Å²) in [5, 5.41) is 5.87. The number of aryl methyl sites for hydroxylation is 3. The molecular formula is C21H20N4O2S. The van der Waals surface area contributed by atoms with Gasteiger partial charge in [0.1, 0.15) is 16.6 Å². The molecule has 0 bridgehead atoms. The van der Waals surface area contributed by atoms with Crippen LogP contribution in [0.15, 0.2) is 45.9 Å². The molecule has 0 radical (unpaired) electrons. The predicted octanol–water partition coefficient (Wildman–Crippen LogP) is 4.62. The molecule has 7 heteroatoms. The average molecular weight is 392 g/mol. The van der Waals surface area contributed by atoms with Crippen LogP contribution >= 0.6 is 11.8 Å². The summed E-state index contributed by atoms with van der Waals surface area (Å²) >= 11 is 1.45. The summed E-state index contributed by atoms with van der Waals surface area (Å²) in [7, 11) is 0. The molecule has 0 N–H and O–H groups in total. The molecule has 0 fully saturated rings. The van der Waals surface area contributed by atoms with Gasteiger partial charge in [-0.1, -0.05) is 35.1 Å². The van der Waals surface area contributed by atoms with Crippen molar-refractivity contribution in [3.63, 3.8) is 0 Å². The predicted molar refractivity (Wildman–Crippen MR) is 109 cm³/mol. The van der Waals surface area contributed by atoms with Crippen LogP contribution in [-0.4, -0.2) is 31.2 Å². The first kappa shape index (κ1) is 18.4. The maximum absolute atomic E-state index is 12.9. The van der Waals surface area contributed by atoms with E-state index in [9.17, 15) is 4.79 Å². The summed E-state index contributed by atoms with van der Waals surface area (Å²) in [4.78, 5) is 21.9. The van der Waals surface area contributed by atoms with Crippen LogP contribution in [0.4, 0.5) is 0 Å². The molecule has 3 heterocycles. The van der Waals surface area contributed by atoms with Gasteiger partial charge in [-0.05, 0) is 39.8 Å². The molecule has 28 heavy (non-hydrogen) atoms. The van der Waals surface area contributed by atoms with Crippen molar-refractivity contribution in [3.8, 4) is 5.82 Å². The SMILES string of the molecule is Cc1nc(SCC(=O)c2cc(C)n(-c3cc(C)on3)c2C)c2ccccc2n1. The molecule has 1 aromatic carbocycles. The van der Waals surface area contributed by atoms with Gasteiger partial charge < -0.3 is 4.52 Å². The van der Waals surface area contributed by atoms with Crippen molar-refractivity contribution in [2.24, 2.45) is 0 Å². The third kappa shape index (κ3) is 3.33. The normalized spacial score (nSPS) is 11.3. The van der Waals surface area contributed by atoms with Crippen LogP contribution in [0.1, 0.15) is 33.3 Å². The molecule has 4 aromatic rings. The highest BCUT2D eigenvalue weighted by Crippen LogP contribution is 2.27. The highest BCUT2D eigenvalue weighted by Gasteiger charge is 2.19. The van der Waals surface area contributed by atoms with Crippen LogP contribution in [0.3, 0.4) is 0 Å². The van der Waals surface area contributed by atoms with Crippen molar-refractivity contribution in [1.29, 1.82) is 0 Å². The zero-order valence-corrected chi connectivity index (χ0v) is 17.0. The van der Waals surface area contributed by atoms with E-state index in [1.165, 1.54) is 11.8 Å². The second kappa shape index (κ2) is 7.24. The number of hydrogen-bond acceptors (Lipinski definition) is 6. The van der Waals surface area contributed by atoms with Gasteiger partial charge in [0, 0.05) is 28.4 Å². The third-order valence-corrected chi connectivity index (χ3v) is 5.59. The molecule has 6 nitrogen and oxygen atoms in total. The molecule has 0 saturated heterocycles. The largest absolute Gasteiger partial charge is 0.360 e. The minimum Gasteiger partial charge on any atom is -0.360 e. The number of carbonyl (C=O) groups excluding carboxylic acids is 1. The molecule has 0 aliphatic heterocycles. The number of para-hydroxylation sites is 1. The summed E-state index contributed by atoms with van der Waals surface area (Å²) in [5.74, 6) is 2.49. The van der Waals surface area contributed by atoms with E-state index in [0.29, 0.717) is 23.0 Å². The Morgan fingerprint density at radius 1 is 1.11 bits per heavy atom. The number of ketones is 1. The fraction of sp³-hybridized carbons (Fsp3) is 0.238. The van der Waals surface area contributed by atoms with E-state index < -0.39 is 0 Å². The smallest absolute Gasteiger partial charge is 0.180 e. The Labute approximate surface area is 167 Å². The van der Waals surface area contributed by atoms with Crippen molar-refractivity contribution in [3.05, 3.63) is 64.9 Å². The van der Waals surface area contributed by atoms with Crippen molar-refractivity contribution >= 4 is 28.4 Å². The minimum atomic E-state index is 0.0601. The van der Waals surface area contributed by atoms with Gasteiger partial charge in [-0.2, -0.15) is 0 Å². The topological polar surface area (TPSA) is 73.8 Å². The molecule has 0 amide bonds. The zero-order valence-electron chi connectivity index (χ0n) is 16.2. The zero-order chi connectivity index (χ0) is 19.8. The van der Waals surface area contributed by atoms with E-state index in [4.69, 9.17) is 4.52 Å². The van der Waals surface area contributed by atoms with Gasteiger partial charge in [-0.15, -0.1) is 0 Å². The number of hydrogen-bond donors (Lipinski definition) is 0.